The first-order chi connectivity index (χ1) is 8.46. The third-order valence-electron chi connectivity index (χ3n) is 5.96. The molecular formula is C16H30N2. The molecule has 3 rings (SSSR count). The number of piperazine rings is 1. The second-order valence-corrected chi connectivity index (χ2v) is 7.87. The Morgan fingerprint density at radius 3 is 2.61 bits per heavy atom. The summed E-state index contributed by atoms with van der Waals surface area (Å²) in [5, 5.41) is 3.68. The second kappa shape index (κ2) is 4.49. The first kappa shape index (κ1) is 12.9. The number of nitrogens with one attached hydrogen (secondary N) is 1. The molecule has 5 unspecified atom stereocenters. The van der Waals surface area contributed by atoms with Gasteiger partial charge < -0.3 is 5.32 Å². The number of hydrogen-bond acceptors (Lipinski definition) is 2. The highest BCUT2D eigenvalue weighted by Gasteiger charge is 2.45. The van der Waals surface area contributed by atoms with Gasteiger partial charge >= 0.3 is 0 Å². The zero-order chi connectivity index (χ0) is 12.9. The van der Waals surface area contributed by atoms with Gasteiger partial charge in [0.25, 0.3) is 0 Å². The lowest BCUT2D eigenvalue weighted by Crippen LogP contribution is -2.63. The van der Waals surface area contributed by atoms with Crippen LogP contribution in [0.2, 0.25) is 0 Å². The zero-order valence-corrected chi connectivity index (χ0v) is 12.6. The molecule has 3 fully saturated rings. The Morgan fingerprint density at radius 2 is 2.00 bits per heavy atom. The van der Waals surface area contributed by atoms with E-state index in [2.05, 4.69) is 37.9 Å². The topological polar surface area (TPSA) is 15.3 Å². The van der Waals surface area contributed by atoms with Crippen LogP contribution < -0.4 is 5.32 Å². The van der Waals surface area contributed by atoms with Crippen LogP contribution in [0.3, 0.4) is 0 Å². The Balaban J connectivity index is 1.69. The van der Waals surface area contributed by atoms with Crippen molar-refractivity contribution in [1.29, 1.82) is 0 Å². The molecule has 2 bridgehead atoms. The smallest absolute Gasteiger partial charge is 0.0253 e. The lowest BCUT2D eigenvalue weighted by Gasteiger charge is -2.48. The van der Waals surface area contributed by atoms with Crippen LogP contribution in [0.25, 0.3) is 0 Å². The van der Waals surface area contributed by atoms with E-state index in [4.69, 9.17) is 0 Å². The molecule has 0 aromatic rings. The van der Waals surface area contributed by atoms with Crippen LogP contribution in [0, 0.1) is 17.8 Å². The number of rotatable bonds is 2. The molecule has 18 heavy (non-hydrogen) atoms. The van der Waals surface area contributed by atoms with E-state index in [9.17, 15) is 0 Å². The molecule has 1 aliphatic heterocycles. The Morgan fingerprint density at radius 1 is 1.22 bits per heavy atom. The van der Waals surface area contributed by atoms with Gasteiger partial charge in [0.15, 0.2) is 0 Å². The monoisotopic (exact) mass is 250 g/mol. The maximum Gasteiger partial charge on any atom is 0.0253 e. The zero-order valence-electron chi connectivity index (χ0n) is 12.6. The van der Waals surface area contributed by atoms with Crippen molar-refractivity contribution < 1.29 is 0 Å². The van der Waals surface area contributed by atoms with Crippen LogP contribution in [0.15, 0.2) is 0 Å². The fourth-order valence-electron chi connectivity index (χ4n) is 4.89. The fourth-order valence-corrected chi connectivity index (χ4v) is 4.89. The van der Waals surface area contributed by atoms with E-state index in [1.54, 1.807) is 6.42 Å². The number of hydrogen-bond donors (Lipinski definition) is 1. The summed E-state index contributed by atoms with van der Waals surface area (Å²) < 4.78 is 0. The third kappa shape index (κ3) is 2.22. The molecule has 2 nitrogen and oxygen atoms in total. The van der Waals surface area contributed by atoms with E-state index in [1.807, 2.05) is 0 Å². The molecular weight excluding hydrogens is 220 g/mol. The molecule has 2 saturated carbocycles. The Hall–Kier alpha value is -0.0800. The average Bonchev–Trinajstić information content (AvgIpc) is 2.93. The highest BCUT2D eigenvalue weighted by Crippen LogP contribution is 2.50. The van der Waals surface area contributed by atoms with Crippen molar-refractivity contribution >= 4 is 0 Å². The minimum absolute atomic E-state index is 0.290. The van der Waals surface area contributed by atoms with Crippen LogP contribution in [0.1, 0.15) is 53.4 Å². The Kier molecular flexibility index (Phi) is 3.22. The fraction of sp³-hybridized carbons (Fsp3) is 1.00. The molecule has 0 spiro atoms. The summed E-state index contributed by atoms with van der Waals surface area (Å²) in [4.78, 5) is 2.79. The van der Waals surface area contributed by atoms with Gasteiger partial charge in [0.1, 0.15) is 0 Å². The quantitative estimate of drug-likeness (QED) is 0.811. The molecule has 5 atom stereocenters. The van der Waals surface area contributed by atoms with Crippen molar-refractivity contribution in [3.8, 4) is 0 Å². The van der Waals surface area contributed by atoms with E-state index < -0.39 is 0 Å². The summed E-state index contributed by atoms with van der Waals surface area (Å²) >= 11 is 0. The Labute approximate surface area is 113 Å². The van der Waals surface area contributed by atoms with E-state index in [-0.39, 0.29) is 0 Å². The van der Waals surface area contributed by atoms with Gasteiger partial charge in [-0.15, -0.1) is 0 Å². The van der Waals surface area contributed by atoms with Crippen molar-refractivity contribution in [2.75, 3.05) is 13.1 Å². The molecule has 2 heteroatoms. The van der Waals surface area contributed by atoms with Gasteiger partial charge in [0.05, 0.1) is 0 Å². The lowest BCUT2D eigenvalue weighted by atomic mass is 9.82. The summed E-state index contributed by atoms with van der Waals surface area (Å²) in [6, 6.07) is 1.49. The summed E-state index contributed by atoms with van der Waals surface area (Å²) in [5.41, 5.74) is 0.290. The number of fused-ring (bicyclic) bond motifs is 2. The maximum atomic E-state index is 3.68. The summed E-state index contributed by atoms with van der Waals surface area (Å²) in [6.45, 7) is 12.0. The van der Waals surface area contributed by atoms with Crippen LogP contribution in [0.5, 0.6) is 0 Å². The second-order valence-electron chi connectivity index (χ2n) is 7.87. The van der Waals surface area contributed by atoms with Crippen LogP contribution in [0.4, 0.5) is 0 Å². The molecule has 3 aliphatic rings. The molecule has 1 N–H and O–H groups in total. The molecule has 0 radical (unpaired) electrons. The molecule has 0 aromatic heterocycles. The van der Waals surface area contributed by atoms with Gasteiger partial charge in [-0.05, 0) is 64.7 Å². The first-order valence-electron chi connectivity index (χ1n) is 7.97. The molecule has 1 saturated heterocycles. The van der Waals surface area contributed by atoms with Crippen LogP contribution >= 0.6 is 0 Å². The van der Waals surface area contributed by atoms with Crippen molar-refractivity contribution in [2.24, 2.45) is 17.8 Å². The van der Waals surface area contributed by atoms with Gasteiger partial charge in [-0.25, -0.2) is 0 Å². The van der Waals surface area contributed by atoms with Crippen molar-refractivity contribution in [3.05, 3.63) is 0 Å². The SMILES string of the molecule is CC1CNC(C)(C)CN1C(C)C1CC2CCC1C2. The van der Waals surface area contributed by atoms with E-state index >= 15 is 0 Å². The van der Waals surface area contributed by atoms with Crippen molar-refractivity contribution in [3.63, 3.8) is 0 Å². The minimum atomic E-state index is 0.290. The first-order valence-corrected chi connectivity index (χ1v) is 7.97. The van der Waals surface area contributed by atoms with Gasteiger partial charge in [-0.2, -0.15) is 0 Å². The predicted molar refractivity (Wildman–Crippen MR) is 76.6 cm³/mol. The largest absolute Gasteiger partial charge is 0.309 e. The van der Waals surface area contributed by atoms with Gasteiger partial charge in [0, 0.05) is 30.7 Å². The van der Waals surface area contributed by atoms with E-state index in [1.165, 1.54) is 25.8 Å². The molecule has 2 aliphatic carbocycles. The molecule has 104 valence electrons. The molecule has 0 amide bonds. The van der Waals surface area contributed by atoms with Gasteiger partial charge in [-0.3, -0.25) is 4.90 Å². The maximum absolute atomic E-state index is 3.68. The Bertz CT molecular complexity index is 312. The average molecular weight is 250 g/mol. The van der Waals surface area contributed by atoms with E-state index in [0.29, 0.717) is 11.6 Å². The number of nitrogens with zero attached hydrogens (tertiary/aromatic N) is 1. The highest BCUT2D eigenvalue weighted by molar-refractivity contribution is 4.99. The van der Waals surface area contributed by atoms with Gasteiger partial charge in [0.2, 0.25) is 0 Å². The molecule has 0 aromatic carbocycles. The third-order valence-corrected chi connectivity index (χ3v) is 5.96. The van der Waals surface area contributed by atoms with Gasteiger partial charge in [-0.1, -0.05) is 6.42 Å². The molecule has 1 heterocycles. The lowest BCUT2D eigenvalue weighted by molar-refractivity contribution is 0.0302. The summed E-state index contributed by atoms with van der Waals surface area (Å²) in [5.74, 6) is 3.11. The standard InChI is InChI=1S/C16H30N2/c1-11-9-17-16(3,4)10-18(11)12(2)15-8-13-5-6-14(15)7-13/h11-15,17H,5-10H2,1-4H3. The van der Waals surface area contributed by atoms with Crippen molar-refractivity contribution in [1.82, 2.24) is 10.2 Å². The normalized spacial score (nSPS) is 45.3. The van der Waals surface area contributed by atoms with E-state index in [0.717, 1.165) is 30.3 Å². The van der Waals surface area contributed by atoms with Crippen LogP contribution in [-0.2, 0) is 0 Å². The summed E-state index contributed by atoms with van der Waals surface area (Å²) in [7, 11) is 0. The highest BCUT2D eigenvalue weighted by atomic mass is 15.3. The predicted octanol–water partition coefficient (Wildman–Crippen LogP) is 2.88. The van der Waals surface area contributed by atoms with Crippen molar-refractivity contribution in [2.45, 2.75) is 71.0 Å². The van der Waals surface area contributed by atoms with Crippen LogP contribution in [-0.4, -0.2) is 35.6 Å². The summed E-state index contributed by atoms with van der Waals surface area (Å²) in [6.07, 6.45) is 6.10. The minimum Gasteiger partial charge on any atom is -0.309 e.